The molecule has 2 fully saturated rings. The Bertz CT molecular complexity index is 1860. The Morgan fingerprint density at radius 3 is 2.31 bits per heavy atom. The van der Waals surface area contributed by atoms with Crippen molar-refractivity contribution in [3.63, 3.8) is 0 Å². The summed E-state index contributed by atoms with van der Waals surface area (Å²) in [6.07, 6.45) is 3.58. The number of ketones is 1. The molecule has 0 atom stereocenters. The van der Waals surface area contributed by atoms with E-state index in [2.05, 4.69) is 4.90 Å². The molecule has 1 aliphatic heterocycles. The molecule has 6 rings (SSSR count). The number of alkyl halides is 1. The molecule has 3 aromatic carbocycles. The normalized spacial score (nSPS) is 15.9. The molecule has 1 aromatic heterocycles. The highest BCUT2D eigenvalue weighted by atomic mass is 32.2. The summed E-state index contributed by atoms with van der Waals surface area (Å²) >= 11 is 0. The summed E-state index contributed by atoms with van der Waals surface area (Å²) in [6, 6.07) is 16.3. The Balaban J connectivity index is 1.49. The predicted molar refractivity (Wildman–Crippen MR) is 170 cm³/mol. The number of furan rings is 1. The zero-order chi connectivity index (χ0) is 31.9. The van der Waals surface area contributed by atoms with Crippen molar-refractivity contribution in [2.75, 3.05) is 50.0 Å². The van der Waals surface area contributed by atoms with Gasteiger partial charge in [-0.2, -0.15) is 0 Å². The molecule has 0 N–H and O–H groups in total. The maximum atomic E-state index is 13.8. The molecule has 0 radical (unpaired) electrons. The van der Waals surface area contributed by atoms with Crippen molar-refractivity contribution in [2.24, 2.45) is 0 Å². The van der Waals surface area contributed by atoms with Gasteiger partial charge in [0.15, 0.2) is 5.78 Å². The van der Waals surface area contributed by atoms with Gasteiger partial charge in [-0.15, -0.1) is 0 Å². The zero-order valence-electron chi connectivity index (χ0n) is 25.3. The molecule has 2 heterocycles. The van der Waals surface area contributed by atoms with Gasteiger partial charge >= 0.3 is 0 Å². The van der Waals surface area contributed by atoms with Crippen molar-refractivity contribution < 1.29 is 31.2 Å². The fraction of sp³-hybridized carbons (Fsp3) is 0.353. The third-order valence-corrected chi connectivity index (χ3v) is 9.73. The number of sulfonamides is 1. The largest absolute Gasteiger partial charge is 0.455 e. The van der Waals surface area contributed by atoms with E-state index in [-0.39, 0.29) is 40.7 Å². The van der Waals surface area contributed by atoms with Crippen LogP contribution in [0.5, 0.6) is 0 Å². The Kier molecular flexibility index (Phi) is 8.49. The first-order chi connectivity index (χ1) is 21.6. The molecule has 236 valence electrons. The number of hydrogen-bond acceptors (Lipinski definition) is 6. The fourth-order valence-corrected chi connectivity index (χ4v) is 7.01. The maximum Gasteiger partial charge on any atom is 0.253 e. The van der Waals surface area contributed by atoms with E-state index in [9.17, 15) is 26.8 Å². The fourth-order valence-electron chi connectivity index (χ4n) is 6.10. The highest BCUT2D eigenvalue weighted by Crippen LogP contribution is 2.42. The molecular formula is C34H35F2N3O5S. The number of fused-ring (bicyclic) bond motifs is 1. The van der Waals surface area contributed by atoms with E-state index in [0.29, 0.717) is 46.8 Å². The Labute approximate surface area is 261 Å². The summed E-state index contributed by atoms with van der Waals surface area (Å²) < 4.78 is 60.6. The highest BCUT2D eigenvalue weighted by Gasteiger charge is 2.33. The Morgan fingerprint density at radius 2 is 1.69 bits per heavy atom. The number of halogens is 2. The maximum absolute atomic E-state index is 13.8. The van der Waals surface area contributed by atoms with E-state index in [4.69, 9.17) is 4.42 Å². The number of carbonyl (C=O) groups excluding carboxylic acids is 2. The summed E-state index contributed by atoms with van der Waals surface area (Å²) in [6.45, 7) is 3.25. The third kappa shape index (κ3) is 6.24. The van der Waals surface area contributed by atoms with Crippen LogP contribution in [0.25, 0.3) is 33.4 Å². The minimum absolute atomic E-state index is 0.123. The van der Waals surface area contributed by atoms with Crippen LogP contribution in [-0.2, 0) is 10.0 Å². The van der Waals surface area contributed by atoms with Crippen LogP contribution in [-0.4, -0.2) is 81.6 Å². The number of Topliss-reactive ketones (excluding diaryl/α,β-unsaturated/α-hetero) is 1. The number of benzene rings is 3. The first-order valence-corrected chi connectivity index (χ1v) is 17.0. The molecular weight excluding hydrogens is 600 g/mol. The predicted octanol–water partition coefficient (Wildman–Crippen LogP) is 6.15. The monoisotopic (exact) mass is 635 g/mol. The summed E-state index contributed by atoms with van der Waals surface area (Å²) in [4.78, 5) is 31.2. The van der Waals surface area contributed by atoms with E-state index in [1.807, 2.05) is 4.90 Å². The summed E-state index contributed by atoms with van der Waals surface area (Å²) in [5, 5.41) is 0.432. The summed E-state index contributed by atoms with van der Waals surface area (Å²) in [5.74, 6) is -0.560. The number of piperazine rings is 1. The van der Waals surface area contributed by atoms with Crippen molar-refractivity contribution >= 4 is 38.4 Å². The molecule has 4 aromatic rings. The topological polar surface area (TPSA) is 91.1 Å². The van der Waals surface area contributed by atoms with Crippen LogP contribution in [0.3, 0.4) is 0 Å². The van der Waals surface area contributed by atoms with E-state index in [1.54, 1.807) is 37.3 Å². The van der Waals surface area contributed by atoms with Gasteiger partial charge in [-0.05, 0) is 60.9 Å². The van der Waals surface area contributed by atoms with E-state index < -0.39 is 29.1 Å². The van der Waals surface area contributed by atoms with Gasteiger partial charge in [0.25, 0.3) is 5.91 Å². The molecule has 0 unspecified atom stereocenters. The van der Waals surface area contributed by atoms with E-state index >= 15 is 0 Å². The SMILES string of the molecule is CCC(=O)c1c(-c2ccc(F)cc2)oc2cc(N(CCF)S(C)(=O)=O)c(-c3cccc(C(=O)N4CCN(C5CC5)CC4)c3)cc12. The molecule has 1 saturated carbocycles. The van der Waals surface area contributed by atoms with Gasteiger partial charge in [0, 0.05) is 66.8 Å². The smallest absolute Gasteiger partial charge is 0.253 e. The summed E-state index contributed by atoms with van der Waals surface area (Å²) in [7, 11) is -3.95. The Hall–Kier alpha value is -4.09. The van der Waals surface area contributed by atoms with E-state index in [0.717, 1.165) is 23.7 Å². The Morgan fingerprint density at radius 1 is 0.978 bits per heavy atom. The van der Waals surface area contributed by atoms with Gasteiger partial charge in [-0.1, -0.05) is 19.1 Å². The molecule has 1 aliphatic carbocycles. The second-order valence-corrected chi connectivity index (χ2v) is 13.5. The molecule has 0 spiro atoms. The molecule has 2 aliphatic rings. The van der Waals surface area contributed by atoms with Gasteiger partial charge in [0.05, 0.1) is 24.1 Å². The lowest BCUT2D eigenvalue weighted by molar-refractivity contribution is 0.0627. The molecule has 1 amide bonds. The van der Waals surface area contributed by atoms with Crippen LogP contribution in [0.15, 0.2) is 65.1 Å². The second-order valence-electron chi connectivity index (χ2n) is 11.6. The summed E-state index contributed by atoms with van der Waals surface area (Å²) in [5.41, 5.74) is 2.50. The van der Waals surface area contributed by atoms with Crippen LogP contribution in [0, 0.1) is 5.82 Å². The van der Waals surface area contributed by atoms with Crippen LogP contribution in [0.1, 0.15) is 46.9 Å². The first kappa shape index (κ1) is 30.9. The minimum atomic E-state index is -3.95. The second kappa shape index (κ2) is 12.4. The van der Waals surface area contributed by atoms with Crippen LogP contribution < -0.4 is 4.31 Å². The quantitative estimate of drug-likeness (QED) is 0.194. The number of carbonyl (C=O) groups is 2. The standard InChI is InChI=1S/C34H35F2N3O5S/c1-3-30(40)32-28-20-27(23-5-4-6-24(19-23)34(41)38-17-15-37(16-18-38)26-11-12-26)29(39(14-13-35)45(2,42)43)21-31(28)44-33(32)22-7-9-25(36)10-8-22/h4-10,19-21,26H,3,11-18H2,1-2H3. The van der Waals surface area contributed by atoms with E-state index in [1.165, 1.54) is 43.2 Å². The van der Waals surface area contributed by atoms with Crippen LogP contribution in [0.4, 0.5) is 14.5 Å². The van der Waals surface area contributed by atoms with Crippen molar-refractivity contribution in [3.8, 4) is 22.5 Å². The van der Waals surface area contributed by atoms with Crippen molar-refractivity contribution in [3.05, 3.63) is 77.6 Å². The molecule has 1 saturated heterocycles. The highest BCUT2D eigenvalue weighted by molar-refractivity contribution is 7.92. The zero-order valence-corrected chi connectivity index (χ0v) is 26.1. The van der Waals surface area contributed by atoms with Gasteiger partial charge in [0.1, 0.15) is 23.8 Å². The minimum Gasteiger partial charge on any atom is -0.455 e. The average Bonchev–Trinajstić information content (AvgIpc) is 3.83. The van der Waals surface area contributed by atoms with Crippen LogP contribution >= 0.6 is 0 Å². The third-order valence-electron chi connectivity index (χ3n) is 8.55. The number of hydrogen-bond donors (Lipinski definition) is 0. The lowest BCUT2D eigenvalue weighted by Crippen LogP contribution is -2.49. The van der Waals surface area contributed by atoms with Gasteiger partial charge in [-0.25, -0.2) is 17.2 Å². The van der Waals surface area contributed by atoms with Gasteiger partial charge in [0.2, 0.25) is 10.0 Å². The van der Waals surface area contributed by atoms with Gasteiger partial charge in [-0.3, -0.25) is 18.8 Å². The lowest BCUT2D eigenvalue weighted by atomic mass is 9.95. The first-order valence-electron chi connectivity index (χ1n) is 15.2. The number of rotatable bonds is 10. The van der Waals surface area contributed by atoms with Crippen molar-refractivity contribution in [1.29, 1.82) is 0 Å². The van der Waals surface area contributed by atoms with Crippen molar-refractivity contribution in [2.45, 2.75) is 32.2 Å². The number of anilines is 1. The van der Waals surface area contributed by atoms with Crippen molar-refractivity contribution in [1.82, 2.24) is 9.80 Å². The molecule has 11 heteroatoms. The molecule has 45 heavy (non-hydrogen) atoms. The van der Waals surface area contributed by atoms with Crippen LogP contribution in [0.2, 0.25) is 0 Å². The average molecular weight is 636 g/mol. The number of amides is 1. The van der Waals surface area contributed by atoms with Gasteiger partial charge < -0.3 is 9.32 Å². The lowest BCUT2D eigenvalue weighted by Gasteiger charge is -2.35. The molecule has 0 bridgehead atoms. The number of nitrogens with zero attached hydrogens (tertiary/aromatic N) is 3. The molecule has 8 nitrogen and oxygen atoms in total.